The molecule has 0 saturated carbocycles. The average molecular weight is 248 g/mol. The molecule has 0 unspecified atom stereocenters. The lowest BCUT2D eigenvalue weighted by atomic mass is 10.0. The van der Waals surface area contributed by atoms with Gasteiger partial charge in [-0.2, -0.15) is 0 Å². The number of benzene rings is 1. The highest BCUT2D eigenvalue weighted by Gasteiger charge is 2.25. The first-order chi connectivity index (χ1) is 8.66. The van der Waals surface area contributed by atoms with Crippen molar-refractivity contribution in [1.29, 1.82) is 0 Å². The molecule has 0 atom stereocenters. The molecule has 0 aliphatic carbocycles. The molecule has 94 valence electrons. The van der Waals surface area contributed by atoms with E-state index in [2.05, 4.69) is 0 Å². The number of nitrogens with zero attached hydrogens (tertiary/aromatic N) is 1. The highest BCUT2D eigenvalue weighted by Crippen LogP contribution is 2.21. The molecule has 1 saturated heterocycles. The monoisotopic (exact) mass is 248 g/mol. The Hall–Kier alpha value is -2.08. The van der Waals surface area contributed by atoms with Gasteiger partial charge in [-0.3, -0.25) is 4.79 Å². The van der Waals surface area contributed by atoms with Gasteiger partial charge in [0.2, 0.25) is 5.91 Å². The van der Waals surface area contributed by atoms with Crippen LogP contribution in [-0.4, -0.2) is 23.7 Å². The summed E-state index contributed by atoms with van der Waals surface area (Å²) in [6.07, 6.45) is 0.281. The number of para-hydroxylation sites is 1. The van der Waals surface area contributed by atoms with Gasteiger partial charge in [0, 0.05) is 12.3 Å². The minimum absolute atomic E-state index is 0.190. The smallest absolute Gasteiger partial charge is 0.405 e. The summed E-state index contributed by atoms with van der Waals surface area (Å²) in [5, 5.41) is 0. The summed E-state index contributed by atoms with van der Waals surface area (Å²) >= 11 is 0. The van der Waals surface area contributed by atoms with E-state index in [1.807, 2.05) is 0 Å². The van der Waals surface area contributed by atoms with Crippen LogP contribution in [0.2, 0.25) is 0 Å². The first-order valence-corrected chi connectivity index (χ1v) is 5.68. The van der Waals surface area contributed by atoms with Crippen LogP contribution in [0.5, 0.6) is 0 Å². The SMILES string of the molecule is Nc1cccc2c1oc(=O)n2C(=O)CC1COC1. The van der Waals surface area contributed by atoms with Gasteiger partial charge in [0.15, 0.2) is 5.58 Å². The second kappa shape index (κ2) is 3.99. The number of carbonyl (C=O) groups excluding carboxylic acids is 1. The quantitative estimate of drug-likeness (QED) is 0.796. The average Bonchev–Trinajstić information content (AvgIpc) is 2.61. The molecule has 3 rings (SSSR count). The summed E-state index contributed by atoms with van der Waals surface area (Å²) in [6, 6.07) is 4.95. The maximum Gasteiger partial charge on any atom is 0.426 e. The molecule has 1 fully saturated rings. The van der Waals surface area contributed by atoms with Crippen LogP contribution in [0.1, 0.15) is 11.2 Å². The molecular formula is C12H12N2O4. The van der Waals surface area contributed by atoms with Gasteiger partial charge < -0.3 is 14.9 Å². The van der Waals surface area contributed by atoms with Crippen LogP contribution >= 0.6 is 0 Å². The number of hydrogen-bond donors (Lipinski definition) is 1. The van der Waals surface area contributed by atoms with E-state index in [1.54, 1.807) is 18.2 Å². The number of hydrogen-bond acceptors (Lipinski definition) is 5. The lowest BCUT2D eigenvalue weighted by molar-refractivity contribution is -0.0332. The molecular weight excluding hydrogens is 236 g/mol. The third-order valence-electron chi connectivity index (χ3n) is 3.06. The summed E-state index contributed by atoms with van der Waals surface area (Å²) in [4.78, 5) is 23.8. The Kier molecular flexibility index (Phi) is 2.45. The topological polar surface area (TPSA) is 87.5 Å². The lowest BCUT2D eigenvalue weighted by Crippen LogP contribution is -2.33. The minimum atomic E-state index is -0.687. The summed E-state index contributed by atoms with van der Waals surface area (Å²) in [6.45, 7) is 1.14. The molecule has 2 N–H and O–H groups in total. The van der Waals surface area contributed by atoms with Crippen molar-refractivity contribution in [3.63, 3.8) is 0 Å². The van der Waals surface area contributed by atoms with Gasteiger partial charge in [0.05, 0.1) is 18.9 Å². The molecule has 1 aromatic heterocycles. The molecule has 2 aromatic rings. The fourth-order valence-electron chi connectivity index (χ4n) is 2.04. The molecule has 0 amide bonds. The van der Waals surface area contributed by atoms with Gasteiger partial charge in [-0.25, -0.2) is 9.36 Å². The summed E-state index contributed by atoms with van der Waals surface area (Å²) in [7, 11) is 0. The molecule has 0 radical (unpaired) electrons. The normalized spacial score (nSPS) is 15.8. The largest absolute Gasteiger partial charge is 0.426 e. The van der Waals surface area contributed by atoms with Crippen molar-refractivity contribution in [1.82, 2.24) is 4.57 Å². The van der Waals surface area contributed by atoms with E-state index in [4.69, 9.17) is 14.9 Å². The molecule has 6 heteroatoms. The van der Waals surface area contributed by atoms with Crippen LogP contribution in [0.25, 0.3) is 11.1 Å². The summed E-state index contributed by atoms with van der Waals surface area (Å²) < 4.78 is 11.1. The third-order valence-corrected chi connectivity index (χ3v) is 3.06. The van der Waals surface area contributed by atoms with E-state index in [1.165, 1.54) is 0 Å². The molecule has 6 nitrogen and oxygen atoms in total. The van der Waals surface area contributed by atoms with Gasteiger partial charge in [0.1, 0.15) is 5.52 Å². The Morgan fingerprint density at radius 3 is 2.89 bits per heavy atom. The molecule has 0 spiro atoms. The number of oxazole rings is 1. The maximum atomic E-state index is 12.1. The van der Waals surface area contributed by atoms with Crippen LogP contribution in [0.15, 0.2) is 27.4 Å². The van der Waals surface area contributed by atoms with Gasteiger partial charge in [-0.1, -0.05) is 6.07 Å². The Morgan fingerprint density at radius 1 is 1.44 bits per heavy atom. The van der Waals surface area contributed by atoms with E-state index in [9.17, 15) is 9.59 Å². The number of nitrogen functional groups attached to an aromatic ring is 1. The maximum absolute atomic E-state index is 12.1. The van der Waals surface area contributed by atoms with Gasteiger partial charge in [-0.15, -0.1) is 0 Å². The number of carbonyl (C=O) groups is 1. The van der Waals surface area contributed by atoms with E-state index in [-0.39, 0.29) is 23.8 Å². The zero-order valence-electron chi connectivity index (χ0n) is 9.59. The van der Waals surface area contributed by atoms with Crippen LogP contribution in [0.4, 0.5) is 5.69 Å². The number of nitrogens with two attached hydrogens (primary N) is 1. The predicted octanol–water partition coefficient (Wildman–Crippen LogP) is 0.853. The standard InChI is InChI=1S/C12H12N2O4/c13-8-2-1-3-9-11(8)18-12(16)14(9)10(15)4-7-5-17-6-7/h1-3,7H,4-6,13H2. The van der Waals surface area contributed by atoms with Crippen LogP contribution in [-0.2, 0) is 4.74 Å². The van der Waals surface area contributed by atoms with Crippen LogP contribution in [0, 0.1) is 5.92 Å². The minimum Gasteiger partial charge on any atom is -0.405 e. The number of anilines is 1. The van der Waals surface area contributed by atoms with Crippen molar-refractivity contribution in [3.05, 3.63) is 28.7 Å². The first kappa shape index (κ1) is 11.0. The first-order valence-electron chi connectivity index (χ1n) is 5.68. The number of rotatable bonds is 2. The third kappa shape index (κ3) is 1.62. The zero-order valence-corrected chi connectivity index (χ0v) is 9.59. The van der Waals surface area contributed by atoms with E-state index < -0.39 is 5.76 Å². The second-order valence-electron chi connectivity index (χ2n) is 4.40. The number of fused-ring (bicyclic) bond motifs is 1. The van der Waals surface area contributed by atoms with Gasteiger partial charge in [0.25, 0.3) is 0 Å². The fraction of sp³-hybridized carbons (Fsp3) is 0.333. The van der Waals surface area contributed by atoms with Gasteiger partial charge in [-0.05, 0) is 12.1 Å². The lowest BCUT2D eigenvalue weighted by Gasteiger charge is -2.24. The fourth-order valence-corrected chi connectivity index (χ4v) is 2.04. The Bertz CT molecular complexity index is 666. The summed E-state index contributed by atoms with van der Waals surface area (Å²) in [5.74, 6) is -0.777. The molecule has 1 aliphatic rings. The van der Waals surface area contributed by atoms with Crippen molar-refractivity contribution >= 4 is 22.7 Å². The molecule has 0 bridgehead atoms. The Labute approximate surface area is 102 Å². The van der Waals surface area contributed by atoms with Crippen molar-refractivity contribution < 1.29 is 13.9 Å². The second-order valence-corrected chi connectivity index (χ2v) is 4.40. The molecule has 1 aromatic carbocycles. The molecule has 1 aliphatic heterocycles. The van der Waals surface area contributed by atoms with Crippen molar-refractivity contribution in [2.75, 3.05) is 18.9 Å². The predicted molar refractivity (Wildman–Crippen MR) is 64.4 cm³/mol. The summed E-state index contributed by atoms with van der Waals surface area (Å²) in [5.41, 5.74) is 6.74. The van der Waals surface area contributed by atoms with Crippen molar-refractivity contribution in [3.8, 4) is 0 Å². The van der Waals surface area contributed by atoms with Gasteiger partial charge >= 0.3 is 5.76 Å². The van der Waals surface area contributed by atoms with E-state index in [0.29, 0.717) is 24.4 Å². The van der Waals surface area contributed by atoms with Crippen molar-refractivity contribution in [2.24, 2.45) is 5.92 Å². The molecule has 18 heavy (non-hydrogen) atoms. The van der Waals surface area contributed by atoms with Crippen LogP contribution in [0.3, 0.4) is 0 Å². The Morgan fingerprint density at radius 2 is 2.22 bits per heavy atom. The van der Waals surface area contributed by atoms with E-state index >= 15 is 0 Å². The van der Waals surface area contributed by atoms with E-state index in [0.717, 1.165) is 4.57 Å². The molecule has 2 heterocycles. The highest BCUT2D eigenvalue weighted by atomic mass is 16.5. The Balaban J connectivity index is 2.05. The number of ether oxygens (including phenoxy) is 1. The van der Waals surface area contributed by atoms with Crippen molar-refractivity contribution in [2.45, 2.75) is 6.42 Å². The number of aromatic nitrogens is 1. The highest BCUT2D eigenvalue weighted by molar-refractivity contribution is 5.93. The zero-order chi connectivity index (χ0) is 12.7. The van der Waals surface area contributed by atoms with Crippen LogP contribution < -0.4 is 11.5 Å².